The number of hydrogen-bond donors (Lipinski definition) is 1. The topological polar surface area (TPSA) is 73.2 Å². The molecule has 6 nitrogen and oxygen atoms in total. The molecule has 0 radical (unpaired) electrons. The van der Waals surface area contributed by atoms with Crippen molar-refractivity contribution in [3.63, 3.8) is 0 Å². The van der Waals surface area contributed by atoms with Gasteiger partial charge in [0.2, 0.25) is 5.91 Å². The molecule has 0 bridgehead atoms. The van der Waals surface area contributed by atoms with Crippen molar-refractivity contribution in [1.29, 1.82) is 0 Å². The number of fused-ring (bicyclic) bond motifs is 1. The van der Waals surface area contributed by atoms with E-state index in [0.717, 1.165) is 28.2 Å². The summed E-state index contributed by atoms with van der Waals surface area (Å²) in [5, 5.41) is 3.57. The smallest absolute Gasteiger partial charge is 0.224 e. The molecule has 34 heavy (non-hydrogen) atoms. The van der Waals surface area contributed by atoms with Crippen LogP contribution in [0.3, 0.4) is 0 Å². The minimum Gasteiger partial charge on any atom is -0.497 e. The maximum atomic E-state index is 12.9. The number of para-hydroxylation sites is 2. The molecule has 4 rings (SSSR count). The highest BCUT2D eigenvalue weighted by Crippen LogP contribution is 2.19. The van der Waals surface area contributed by atoms with Gasteiger partial charge in [0.1, 0.15) is 11.6 Å². The molecule has 0 unspecified atom stereocenters. The van der Waals surface area contributed by atoms with Gasteiger partial charge in [0.25, 0.3) is 0 Å². The first kappa shape index (κ1) is 23.5. The van der Waals surface area contributed by atoms with Crippen LogP contribution in [0.2, 0.25) is 5.02 Å². The molecule has 4 aromatic rings. The summed E-state index contributed by atoms with van der Waals surface area (Å²) in [5.41, 5.74) is 3.31. The Balaban J connectivity index is 1.37. The van der Waals surface area contributed by atoms with Crippen molar-refractivity contribution in [3.05, 3.63) is 94.8 Å². The number of aromatic nitrogens is 2. The van der Waals surface area contributed by atoms with Crippen LogP contribution in [0.15, 0.2) is 72.8 Å². The van der Waals surface area contributed by atoms with E-state index in [9.17, 15) is 9.59 Å². The lowest BCUT2D eigenvalue weighted by molar-refractivity contribution is -0.120. The van der Waals surface area contributed by atoms with Crippen molar-refractivity contribution in [3.8, 4) is 5.75 Å². The van der Waals surface area contributed by atoms with Crippen LogP contribution < -0.4 is 10.1 Å². The molecule has 1 aromatic heterocycles. The van der Waals surface area contributed by atoms with Crippen LogP contribution in [0, 0.1) is 0 Å². The van der Waals surface area contributed by atoms with Gasteiger partial charge in [0, 0.05) is 23.6 Å². The normalized spacial score (nSPS) is 10.9. The van der Waals surface area contributed by atoms with E-state index in [4.69, 9.17) is 21.3 Å². The molecule has 0 saturated heterocycles. The van der Waals surface area contributed by atoms with Crippen LogP contribution in [0.25, 0.3) is 11.0 Å². The second-order valence-corrected chi connectivity index (χ2v) is 8.45. The van der Waals surface area contributed by atoms with Crippen LogP contribution >= 0.6 is 11.6 Å². The van der Waals surface area contributed by atoms with Crippen LogP contribution in [-0.2, 0) is 24.2 Å². The lowest BCUT2D eigenvalue weighted by Crippen LogP contribution is -2.26. The van der Waals surface area contributed by atoms with Crippen molar-refractivity contribution in [2.45, 2.75) is 25.8 Å². The van der Waals surface area contributed by atoms with Crippen LogP contribution in [0.5, 0.6) is 5.75 Å². The molecular formula is C27H26ClN3O3. The Morgan fingerprint density at radius 1 is 1.00 bits per heavy atom. The van der Waals surface area contributed by atoms with E-state index in [1.807, 2.05) is 53.1 Å². The molecule has 0 fully saturated rings. The van der Waals surface area contributed by atoms with Crippen LogP contribution in [-0.4, -0.2) is 34.9 Å². The number of amides is 1. The summed E-state index contributed by atoms with van der Waals surface area (Å²) in [5.74, 6) is 1.56. The molecule has 0 aliphatic carbocycles. The largest absolute Gasteiger partial charge is 0.497 e. The highest BCUT2D eigenvalue weighted by Gasteiger charge is 2.15. The summed E-state index contributed by atoms with van der Waals surface area (Å²) in [4.78, 5) is 29.9. The average Bonchev–Trinajstić information content (AvgIpc) is 3.20. The number of nitrogens with one attached hydrogen (secondary N) is 1. The maximum Gasteiger partial charge on any atom is 0.224 e. The Kier molecular flexibility index (Phi) is 7.60. The van der Waals surface area contributed by atoms with Gasteiger partial charge in [0.05, 0.1) is 31.1 Å². The number of hydrogen-bond acceptors (Lipinski definition) is 4. The fraction of sp³-hybridized carbons (Fsp3) is 0.222. The number of benzene rings is 3. The summed E-state index contributed by atoms with van der Waals surface area (Å²) in [6.07, 6.45) is 1.68. The Labute approximate surface area is 203 Å². The molecule has 174 valence electrons. The quantitative estimate of drug-likeness (QED) is 0.262. The second-order valence-electron chi connectivity index (χ2n) is 8.01. The summed E-state index contributed by atoms with van der Waals surface area (Å²) in [6, 6.07) is 22.2. The zero-order valence-corrected chi connectivity index (χ0v) is 19.7. The summed E-state index contributed by atoms with van der Waals surface area (Å²) >= 11 is 5.95. The molecule has 7 heteroatoms. The van der Waals surface area contributed by atoms with Gasteiger partial charge in [-0.2, -0.15) is 0 Å². The summed E-state index contributed by atoms with van der Waals surface area (Å²) < 4.78 is 7.11. The lowest BCUT2D eigenvalue weighted by Gasteiger charge is -2.10. The van der Waals surface area contributed by atoms with Gasteiger partial charge >= 0.3 is 0 Å². The third-order valence-corrected chi connectivity index (χ3v) is 5.88. The van der Waals surface area contributed by atoms with Gasteiger partial charge in [-0.05, 0) is 60.5 Å². The number of Topliss-reactive ketones (excluding diaryl/α,β-unsaturated/α-hetero) is 1. The van der Waals surface area contributed by atoms with Crippen LogP contribution in [0.4, 0.5) is 0 Å². The second kappa shape index (κ2) is 11.0. The Morgan fingerprint density at radius 2 is 1.74 bits per heavy atom. The van der Waals surface area contributed by atoms with Gasteiger partial charge in [-0.1, -0.05) is 35.9 Å². The zero-order valence-electron chi connectivity index (χ0n) is 19.0. The number of aryl methyl sites for hydroxylation is 1. The number of imidazole rings is 1. The fourth-order valence-corrected chi connectivity index (χ4v) is 3.95. The minimum absolute atomic E-state index is 0.00568. The standard InChI is InChI=1S/C27H26ClN3O3/c1-34-22-14-8-19(9-15-22)17-27(33)29-16-4-7-26-30-23-5-2-3-6-24(23)31(26)18-25(32)20-10-12-21(28)13-11-20/h2-3,5-6,8-15H,4,7,16-18H2,1H3,(H,29,33). The predicted molar refractivity (Wildman–Crippen MR) is 134 cm³/mol. The summed E-state index contributed by atoms with van der Waals surface area (Å²) in [7, 11) is 1.61. The number of ether oxygens (including phenoxy) is 1. The van der Waals surface area contributed by atoms with Crippen LogP contribution in [0.1, 0.15) is 28.2 Å². The van der Waals surface area contributed by atoms with Crippen molar-refractivity contribution < 1.29 is 14.3 Å². The zero-order chi connectivity index (χ0) is 23.9. The van der Waals surface area contributed by atoms with E-state index in [2.05, 4.69) is 5.32 Å². The van der Waals surface area contributed by atoms with E-state index in [1.54, 1.807) is 31.4 Å². The summed E-state index contributed by atoms with van der Waals surface area (Å²) in [6.45, 7) is 0.727. The van der Waals surface area contributed by atoms with Gasteiger partial charge < -0.3 is 14.6 Å². The molecule has 0 aliphatic rings. The third kappa shape index (κ3) is 5.83. The number of halogens is 1. The first-order valence-electron chi connectivity index (χ1n) is 11.2. The van der Waals surface area contributed by atoms with E-state index in [0.29, 0.717) is 36.4 Å². The van der Waals surface area contributed by atoms with Crippen molar-refractivity contribution >= 4 is 34.3 Å². The SMILES string of the molecule is COc1ccc(CC(=O)NCCCc2nc3ccccc3n2CC(=O)c2ccc(Cl)cc2)cc1. The highest BCUT2D eigenvalue weighted by molar-refractivity contribution is 6.30. The van der Waals surface area contributed by atoms with Crippen molar-refractivity contribution in [1.82, 2.24) is 14.9 Å². The minimum atomic E-state index is -0.0309. The molecule has 0 saturated carbocycles. The highest BCUT2D eigenvalue weighted by atomic mass is 35.5. The molecule has 1 N–H and O–H groups in total. The molecule has 0 spiro atoms. The van der Waals surface area contributed by atoms with E-state index in [1.165, 1.54) is 0 Å². The number of ketones is 1. The maximum absolute atomic E-state index is 12.9. The monoisotopic (exact) mass is 475 g/mol. The lowest BCUT2D eigenvalue weighted by atomic mass is 10.1. The third-order valence-electron chi connectivity index (χ3n) is 5.62. The predicted octanol–water partition coefficient (Wildman–Crippen LogP) is 4.87. The molecule has 1 heterocycles. The number of carbonyl (C=O) groups is 2. The van der Waals surface area contributed by atoms with E-state index in [-0.39, 0.29) is 18.2 Å². The fourth-order valence-electron chi connectivity index (χ4n) is 3.83. The van der Waals surface area contributed by atoms with Gasteiger partial charge in [0.15, 0.2) is 5.78 Å². The first-order valence-corrected chi connectivity index (χ1v) is 11.5. The van der Waals surface area contributed by atoms with Gasteiger partial charge in [-0.25, -0.2) is 4.98 Å². The van der Waals surface area contributed by atoms with Gasteiger partial charge in [-0.15, -0.1) is 0 Å². The molecule has 0 aliphatic heterocycles. The number of nitrogens with zero attached hydrogens (tertiary/aromatic N) is 2. The molecule has 1 amide bonds. The van der Waals surface area contributed by atoms with E-state index < -0.39 is 0 Å². The Morgan fingerprint density at radius 3 is 2.47 bits per heavy atom. The Bertz CT molecular complexity index is 1280. The van der Waals surface area contributed by atoms with Crippen molar-refractivity contribution in [2.24, 2.45) is 0 Å². The first-order chi connectivity index (χ1) is 16.5. The molecular weight excluding hydrogens is 450 g/mol. The Hall–Kier alpha value is -3.64. The number of methoxy groups -OCH3 is 1. The number of carbonyl (C=O) groups excluding carboxylic acids is 2. The molecule has 3 aromatic carbocycles. The van der Waals surface area contributed by atoms with E-state index >= 15 is 0 Å². The average molecular weight is 476 g/mol. The molecule has 0 atom stereocenters. The number of rotatable bonds is 10. The van der Waals surface area contributed by atoms with Crippen molar-refractivity contribution in [2.75, 3.05) is 13.7 Å². The van der Waals surface area contributed by atoms with Gasteiger partial charge in [-0.3, -0.25) is 9.59 Å².